The third-order valence-electron chi connectivity index (χ3n) is 5.92. The van der Waals surface area contributed by atoms with Crippen molar-refractivity contribution in [1.29, 1.82) is 0 Å². The van der Waals surface area contributed by atoms with Crippen molar-refractivity contribution in [1.82, 2.24) is 19.6 Å². The number of fused-ring (bicyclic) bond motifs is 1. The SMILES string of the molecule is Cc1ccc(CN(C)C2C[C@@H]3CN(C(=O)n4cc(Cl)cn4)C[C@@H]3C2)cc1. The standard InChI is InChI=1S/C20H25ClN4O/c1-14-3-5-15(6-4-14)10-23(2)19-7-16-11-24(12-17(16)8-19)20(26)25-13-18(21)9-22-25/h3-6,9,13,16-17,19H,7-8,10-12H2,1-2H3/t16-,17+,19?. The molecule has 1 unspecified atom stereocenters. The minimum atomic E-state index is -0.0594. The summed E-state index contributed by atoms with van der Waals surface area (Å²) in [6.45, 7) is 4.76. The predicted octanol–water partition coefficient (Wildman–Crippen LogP) is 3.66. The van der Waals surface area contributed by atoms with Crippen LogP contribution in [0.25, 0.3) is 0 Å². The zero-order valence-electron chi connectivity index (χ0n) is 15.3. The fourth-order valence-electron chi connectivity index (χ4n) is 4.44. The molecule has 0 radical (unpaired) electrons. The van der Waals surface area contributed by atoms with Crippen molar-refractivity contribution in [3.63, 3.8) is 0 Å². The first-order valence-electron chi connectivity index (χ1n) is 9.25. The van der Waals surface area contributed by atoms with Gasteiger partial charge in [0.15, 0.2) is 0 Å². The van der Waals surface area contributed by atoms with Gasteiger partial charge in [-0.2, -0.15) is 9.78 Å². The third kappa shape index (κ3) is 3.51. The van der Waals surface area contributed by atoms with E-state index < -0.39 is 0 Å². The monoisotopic (exact) mass is 372 g/mol. The van der Waals surface area contributed by atoms with Gasteiger partial charge in [-0.3, -0.25) is 4.90 Å². The third-order valence-corrected chi connectivity index (χ3v) is 6.11. The second kappa shape index (κ2) is 7.05. The molecule has 3 atom stereocenters. The van der Waals surface area contributed by atoms with Gasteiger partial charge in [-0.25, -0.2) is 4.79 Å². The molecule has 138 valence electrons. The first kappa shape index (κ1) is 17.6. The number of aromatic nitrogens is 2. The Morgan fingerprint density at radius 1 is 1.23 bits per heavy atom. The van der Waals surface area contributed by atoms with Crippen LogP contribution in [0.3, 0.4) is 0 Å². The van der Waals surface area contributed by atoms with Crippen LogP contribution in [0.5, 0.6) is 0 Å². The molecule has 1 aliphatic carbocycles. The van der Waals surface area contributed by atoms with Crippen LogP contribution in [0.4, 0.5) is 4.79 Å². The van der Waals surface area contributed by atoms with Crippen LogP contribution < -0.4 is 0 Å². The summed E-state index contributed by atoms with van der Waals surface area (Å²) in [5.41, 5.74) is 2.66. The highest BCUT2D eigenvalue weighted by Gasteiger charge is 2.43. The van der Waals surface area contributed by atoms with Crippen molar-refractivity contribution in [2.45, 2.75) is 32.4 Å². The van der Waals surface area contributed by atoms with E-state index in [2.05, 4.69) is 48.2 Å². The summed E-state index contributed by atoms with van der Waals surface area (Å²) >= 11 is 5.88. The lowest BCUT2D eigenvalue weighted by Gasteiger charge is -2.26. The summed E-state index contributed by atoms with van der Waals surface area (Å²) in [4.78, 5) is 16.9. The maximum atomic E-state index is 12.5. The summed E-state index contributed by atoms with van der Waals surface area (Å²) in [6, 6.07) is 9.34. The normalized spacial score (nSPS) is 25.1. The molecule has 2 heterocycles. The lowest BCUT2D eigenvalue weighted by Crippen LogP contribution is -2.36. The zero-order valence-corrected chi connectivity index (χ0v) is 16.1. The molecule has 1 aromatic heterocycles. The van der Waals surface area contributed by atoms with Crippen LogP contribution in [0.15, 0.2) is 36.7 Å². The van der Waals surface area contributed by atoms with Gasteiger partial charge in [0.25, 0.3) is 0 Å². The number of nitrogens with zero attached hydrogens (tertiary/aromatic N) is 4. The highest BCUT2D eigenvalue weighted by atomic mass is 35.5. The lowest BCUT2D eigenvalue weighted by molar-refractivity contribution is 0.192. The molecule has 4 rings (SSSR count). The van der Waals surface area contributed by atoms with Crippen LogP contribution in [-0.2, 0) is 6.54 Å². The molecule has 1 aliphatic heterocycles. The van der Waals surface area contributed by atoms with Crippen LogP contribution in [0, 0.1) is 18.8 Å². The van der Waals surface area contributed by atoms with Gasteiger partial charge >= 0.3 is 6.03 Å². The van der Waals surface area contributed by atoms with Crippen molar-refractivity contribution in [2.75, 3.05) is 20.1 Å². The first-order valence-corrected chi connectivity index (χ1v) is 9.62. The molecule has 26 heavy (non-hydrogen) atoms. The number of aryl methyl sites for hydroxylation is 1. The highest BCUT2D eigenvalue weighted by Crippen LogP contribution is 2.40. The Morgan fingerprint density at radius 3 is 2.46 bits per heavy atom. The van der Waals surface area contributed by atoms with E-state index in [1.165, 1.54) is 22.0 Å². The predicted molar refractivity (Wildman–Crippen MR) is 102 cm³/mol. The minimum Gasteiger partial charge on any atom is -0.322 e. The van der Waals surface area contributed by atoms with Gasteiger partial charge in [0.2, 0.25) is 0 Å². The fraction of sp³-hybridized carbons (Fsp3) is 0.500. The van der Waals surface area contributed by atoms with Gasteiger partial charge < -0.3 is 4.90 Å². The average Bonchev–Trinajstić information content (AvgIpc) is 3.30. The van der Waals surface area contributed by atoms with Crippen molar-refractivity contribution in [3.05, 3.63) is 52.8 Å². The Bertz CT molecular complexity index is 773. The molecule has 1 saturated carbocycles. The Kier molecular flexibility index (Phi) is 4.76. The smallest absolute Gasteiger partial charge is 0.322 e. The number of likely N-dealkylation sites (tertiary alicyclic amines) is 1. The summed E-state index contributed by atoms with van der Waals surface area (Å²) in [7, 11) is 2.22. The van der Waals surface area contributed by atoms with Gasteiger partial charge in [0.1, 0.15) is 0 Å². The molecular formula is C20H25ClN4O. The quantitative estimate of drug-likeness (QED) is 0.825. The van der Waals surface area contributed by atoms with Gasteiger partial charge in [0, 0.05) is 25.7 Å². The number of amides is 1. The molecule has 1 amide bonds. The number of benzene rings is 1. The van der Waals surface area contributed by atoms with Crippen molar-refractivity contribution in [2.24, 2.45) is 11.8 Å². The van der Waals surface area contributed by atoms with Crippen LogP contribution >= 0.6 is 11.6 Å². The molecule has 5 nitrogen and oxygen atoms in total. The molecule has 1 aromatic carbocycles. The van der Waals surface area contributed by atoms with Gasteiger partial charge in [0.05, 0.1) is 17.4 Å². The van der Waals surface area contributed by atoms with E-state index in [4.69, 9.17) is 11.6 Å². The molecular weight excluding hydrogens is 348 g/mol. The van der Waals surface area contributed by atoms with Crippen molar-refractivity contribution >= 4 is 17.6 Å². The zero-order chi connectivity index (χ0) is 18.3. The minimum absolute atomic E-state index is 0.0594. The van der Waals surface area contributed by atoms with Crippen LogP contribution in [0.2, 0.25) is 5.02 Å². The largest absolute Gasteiger partial charge is 0.344 e. The Hall–Kier alpha value is -1.85. The molecule has 0 spiro atoms. The van der Waals surface area contributed by atoms with Gasteiger partial charge in [-0.15, -0.1) is 0 Å². The van der Waals surface area contributed by atoms with Gasteiger partial charge in [-0.1, -0.05) is 41.4 Å². The van der Waals surface area contributed by atoms with E-state index in [1.54, 1.807) is 6.20 Å². The summed E-state index contributed by atoms with van der Waals surface area (Å²) < 4.78 is 1.35. The average molecular weight is 373 g/mol. The summed E-state index contributed by atoms with van der Waals surface area (Å²) in [5.74, 6) is 1.19. The Morgan fingerprint density at radius 2 is 1.88 bits per heavy atom. The molecule has 1 saturated heterocycles. The van der Waals surface area contributed by atoms with Crippen molar-refractivity contribution in [3.8, 4) is 0 Å². The number of halogens is 1. The number of hydrogen-bond donors (Lipinski definition) is 0. The van der Waals surface area contributed by atoms with E-state index in [0.29, 0.717) is 22.9 Å². The van der Waals surface area contributed by atoms with E-state index >= 15 is 0 Å². The molecule has 2 aromatic rings. The first-order chi connectivity index (χ1) is 12.5. The lowest BCUT2D eigenvalue weighted by atomic mass is 10.0. The Balaban J connectivity index is 1.33. The second-order valence-corrected chi connectivity index (χ2v) is 8.27. The van der Waals surface area contributed by atoms with Crippen LogP contribution in [-0.4, -0.2) is 51.8 Å². The van der Waals surface area contributed by atoms with Crippen LogP contribution in [0.1, 0.15) is 24.0 Å². The maximum absolute atomic E-state index is 12.5. The topological polar surface area (TPSA) is 41.4 Å². The molecule has 2 aliphatic rings. The highest BCUT2D eigenvalue weighted by molar-refractivity contribution is 6.30. The number of rotatable bonds is 3. The van der Waals surface area contributed by atoms with Crippen molar-refractivity contribution < 1.29 is 4.79 Å². The second-order valence-electron chi connectivity index (χ2n) is 7.84. The number of carbonyl (C=O) groups excluding carboxylic acids is 1. The molecule has 0 bridgehead atoms. The van der Waals surface area contributed by atoms with E-state index in [9.17, 15) is 4.79 Å². The molecule has 6 heteroatoms. The molecule has 0 N–H and O–H groups in total. The van der Waals surface area contributed by atoms with E-state index in [1.807, 2.05) is 4.90 Å². The summed E-state index contributed by atoms with van der Waals surface area (Å²) in [6.07, 6.45) is 5.41. The molecule has 2 fully saturated rings. The number of carbonyl (C=O) groups is 1. The van der Waals surface area contributed by atoms with Gasteiger partial charge in [-0.05, 0) is 44.2 Å². The van der Waals surface area contributed by atoms with E-state index in [-0.39, 0.29) is 6.03 Å². The Labute approximate surface area is 159 Å². The van der Waals surface area contributed by atoms with E-state index in [0.717, 1.165) is 32.5 Å². The maximum Gasteiger partial charge on any atom is 0.344 e. The number of hydrogen-bond acceptors (Lipinski definition) is 3. The fourth-order valence-corrected chi connectivity index (χ4v) is 4.58. The summed E-state index contributed by atoms with van der Waals surface area (Å²) in [5, 5.41) is 4.53.